The van der Waals surface area contributed by atoms with Gasteiger partial charge in [0.15, 0.2) is 5.96 Å². The zero-order chi connectivity index (χ0) is 19.9. The van der Waals surface area contributed by atoms with Crippen LogP contribution in [0.15, 0.2) is 40.7 Å². The van der Waals surface area contributed by atoms with E-state index in [1.54, 1.807) is 11.3 Å². The van der Waals surface area contributed by atoms with E-state index < -0.39 is 0 Å². The first kappa shape index (κ1) is 20.3. The van der Waals surface area contributed by atoms with Crippen molar-refractivity contribution in [2.75, 3.05) is 19.6 Å². The Morgan fingerprint density at radius 2 is 2.14 bits per heavy atom. The number of aromatic nitrogens is 1. The summed E-state index contributed by atoms with van der Waals surface area (Å²) in [5.41, 5.74) is 2.12. The maximum absolute atomic E-state index is 12.2. The molecular weight excluding hydrogens is 370 g/mol. The van der Waals surface area contributed by atoms with E-state index in [1.807, 2.05) is 36.9 Å². The Morgan fingerprint density at radius 1 is 1.36 bits per heavy atom. The van der Waals surface area contributed by atoms with Crippen molar-refractivity contribution >= 4 is 23.2 Å². The molecule has 1 amide bonds. The predicted molar refractivity (Wildman–Crippen MR) is 115 cm³/mol. The van der Waals surface area contributed by atoms with E-state index in [-0.39, 0.29) is 17.9 Å². The van der Waals surface area contributed by atoms with E-state index in [0.717, 1.165) is 48.3 Å². The Hall–Kier alpha value is -2.41. The lowest BCUT2D eigenvalue weighted by Gasteiger charge is -2.20. The number of hydrogen-bond donors (Lipinski definition) is 2. The van der Waals surface area contributed by atoms with E-state index in [2.05, 4.69) is 35.1 Å². The van der Waals surface area contributed by atoms with Crippen LogP contribution in [0, 0.1) is 5.92 Å². The third-order valence-electron chi connectivity index (χ3n) is 4.67. The summed E-state index contributed by atoms with van der Waals surface area (Å²) < 4.78 is 0. The summed E-state index contributed by atoms with van der Waals surface area (Å²) in [6.07, 6.45) is 0.943. The van der Waals surface area contributed by atoms with Gasteiger partial charge in [-0.3, -0.25) is 4.79 Å². The molecule has 3 rings (SSSR count). The fourth-order valence-corrected chi connectivity index (χ4v) is 3.96. The second kappa shape index (κ2) is 9.68. The first-order chi connectivity index (χ1) is 13.6. The van der Waals surface area contributed by atoms with Crippen LogP contribution in [-0.4, -0.2) is 47.4 Å². The van der Waals surface area contributed by atoms with Crippen molar-refractivity contribution in [3.05, 3.63) is 40.7 Å². The molecule has 1 fully saturated rings. The van der Waals surface area contributed by atoms with Crippen molar-refractivity contribution in [1.82, 2.24) is 20.5 Å². The Morgan fingerprint density at radius 3 is 2.86 bits per heavy atom. The molecule has 1 aromatic carbocycles. The molecule has 1 aliphatic rings. The third-order valence-corrected chi connectivity index (χ3v) is 5.51. The molecule has 0 spiro atoms. The van der Waals surface area contributed by atoms with Gasteiger partial charge in [0.2, 0.25) is 5.91 Å². The molecule has 1 saturated heterocycles. The topological polar surface area (TPSA) is 69.6 Å². The highest BCUT2D eigenvalue weighted by atomic mass is 32.1. The highest BCUT2D eigenvalue weighted by Crippen LogP contribution is 2.22. The number of nitrogens with one attached hydrogen (secondary N) is 2. The number of carbonyl (C=O) groups is 1. The average Bonchev–Trinajstić information content (AvgIpc) is 3.36. The fraction of sp³-hybridized carbons (Fsp3) is 0.476. The summed E-state index contributed by atoms with van der Waals surface area (Å²) in [6, 6.07) is 10.4. The third kappa shape index (κ3) is 5.32. The molecular formula is C21H29N5OS. The molecule has 1 aromatic heterocycles. The van der Waals surface area contributed by atoms with E-state index in [9.17, 15) is 4.79 Å². The van der Waals surface area contributed by atoms with E-state index in [4.69, 9.17) is 9.98 Å². The summed E-state index contributed by atoms with van der Waals surface area (Å²) in [7, 11) is 0. The van der Waals surface area contributed by atoms with Gasteiger partial charge in [-0.15, -0.1) is 11.3 Å². The minimum atomic E-state index is 0.0457. The van der Waals surface area contributed by atoms with Crippen LogP contribution in [0.4, 0.5) is 0 Å². The van der Waals surface area contributed by atoms with Crippen LogP contribution in [0.3, 0.4) is 0 Å². The van der Waals surface area contributed by atoms with Crippen LogP contribution in [0.5, 0.6) is 0 Å². The molecule has 1 atom stereocenters. The molecule has 0 radical (unpaired) electrons. The minimum absolute atomic E-state index is 0.0457. The van der Waals surface area contributed by atoms with E-state index >= 15 is 0 Å². The van der Waals surface area contributed by atoms with Crippen LogP contribution in [-0.2, 0) is 11.3 Å². The van der Waals surface area contributed by atoms with Gasteiger partial charge in [-0.1, -0.05) is 44.2 Å². The Labute approximate surface area is 171 Å². The highest BCUT2D eigenvalue weighted by Gasteiger charge is 2.27. The van der Waals surface area contributed by atoms with Crippen LogP contribution >= 0.6 is 11.3 Å². The zero-order valence-corrected chi connectivity index (χ0v) is 17.6. The highest BCUT2D eigenvalue weighted by molar-refractivity contribution is 7.09. The smallest absolute Gasteiger partial charge is 0.225 e. The average molecular weight is 400 g/mol. The molecule has 1 aliphatic heterocycles. The van der Waals surface area contributed by atoms with Gasteiger partial charge >= 0.3 is 0 Å². The van der Waals surface area contributed by atoms with Crippen LogP contribution < -0.4 is 10.6 Å². The monoisotopic (exact) mass is 399 g/mol. The largest absolute Gasteiger partial charge is 0.357 e. The standard InChI is InChI=1S/C21H29N5OS/c1-4-22-21(24-17-10-11-26(13-17)20(27)15(2)3)23-12-19-25-18(14-28-19)16-8-6-5-7-9-16/h5-9,14-15,17H,4,10-13H2,1-3H3,(H2,22,23,24). The second-order valence-corrected chi connectivity index (χ2v) is 8.20. The molecule has 6 nitrogen and oxygen atoms in total. The van der Waals surface area contributed by atoms with Gasteiger partial charge in [0.05, 0.1) is 12.2 Å². The van der Waals surface area contributed by atoms with Gasteiger partial charge in [0.25, 0.3) is 0 Å². The lowest BCUT2D eigenvalue weighted by molar-refractivity contribution is -0.133. The zero-order valence-electron chi connectivity index (χ0n) is 16.8. The Balaban J connectivity index is 1.59. The number of benzene rings is 1. The molecule has 2 heterocycles. The summed E-state index contributed by atoms with van der Waals surface area (Å²) in [6.45, 7) is 8.82. The van der Waals surface area contributed by atoms with Gasteiger partial charge in [0, 0.05) is 42.5 Å². The van der Waals surface area contributed by atoms with Crippen molar-refractivity contribution in [1.29, 1.82) is 0 Å². The molecule has 0 aliphatic carbocycles. The molecule has 0 bridgehead atoms. The van der Waals surface area contributed by atoms with Gasteiger partial charge < -0.3 is 15.5 Å². The van der Waals surface area contributed by atoms with E-state index in [1.165, 1.54) is 0 Å². The lowest BCUT2D eigenvalue weighted by atomic mass is 10.2. The first-order valence-electron chi connectivity index (χ1n) is 9.90. The number of nitrogens with zero attached hydrogens (tertiary/aromatic N) is 3. The quantitative estimate of drug-likeness (QED) is 0.578. The molecule has 1 unspecified atom stereocenters. The Bertz CT molecular complexity index is 802. The summed E-state index contributed by atoms with van der Waals surface area (Å²) in [4.78, 5) is 23.5. The van der Waals surface area contributed by atoms with Crippen molar-refractivity contribution < 1.29 is 4.79 Å². The molecule has 2 N–H and O–H groups in total. The maximum Gasteiger partial charge on any atom is 0.225 e. The van der Waals surface area contributed by atoms with E-state index in [0.29, 0.717) is 6.54 Å². The number of carbonyl (C=O) groups excluding carboxylic acids is 1. The van der Waals surface area contributed by atoms with Crippen molar-refractivity contribution in [2.24, 2.45) is 10.9 Å². The van der Waals surface area contributed by atoms with Gasteiger partial charge in [0.1, 0.15) is 5.01 Å². The molecule has 7 heteroatoms. The van der Waals surface area contributed by atoms with Crippen molar-refractivity contribution in [2.45, 2.75) is 39.8 Å². The van der Waals surface area contributed by atoms with Crippen molar-refractivity contribution in [3.8, 4) is 11.3 Å². The number of guanidine groups is 1. The van der Waals surface area contributed by atoms with Gasteiger partial charge in [-0.2, -0.15) is 0 Å². The fourth-order valence-electron chi connectivity index (χ4n) is 3.23. The Kier molecular flexibility index (Phi) is 7.03. The number of likely N-dealkylation sites (tertiary alicyclic amines) is 1. The molecule has 28 heavy (non-hydrogen) atoms. The second-order valence-electron chi connectivity index (χ2n) is 7.26. The summed E-state index contributed by atoms with van der Waals surface area (Å²) >= 11 is 1.63. The molecule has 2 aromatic rings. The van der Waals surface area contributed by atoms with Gasteiger partial charge in [-0.05, 0) is 13.3 Å². The van der Waals surface area contributed by atoms with Crippen LogP contribution in [0.2, 0.25) is 0 Å². The predicted octanol–water partition coefficient (Wildman–Crippen LogP) is 3.12. The normalized spacial score (nSPS) is 17.2. The number of amides is 1. The van der Waals surface area contributed by atoms with Crippen LogP contribution in [0.25, 0.3) is 11.3 Å². The van der Waals surface area contributed by atoms with Crippen LogP contribution in [0.1, 0.15) is 32.2 Å². The first-order valence-corrected chi connectivity index (χ1v) is 10.8. The number of thiazole rings is 1. The summed E-state index contributed by atoms with van der Waals surface area (Å²) in [5, 5.41) is 9.83. The SMILES string of the molecule is CCNC(=NCc1nc(-c2ccccc2)cs1)NC1CCN(C(=O)C(C)C)C1. The maximum atomic E-state index is 12.2. The summed E-state index contributed by atoms with van der Waals surface area (Å²) in [5.74, 6) is 1.05. The minimum Gasteiger partial charge on any atom is -0.357 e. The number of aliphatic imine (C=N–C) groups is 1. The number of rotatable bonds is 6. The van der Waals surface area contributed by atoms with Crippen molar-refractivity contribution in [3.63, 3.8) is 0 Å². The lowest BCUT2D eigenvalue weighted by Crippen LogP contribution is -2.45. The molecule has 0 saturated carbocycles. The van der Waals surface area contributed by atoms with Gasteiger partial charge in [-0.25, -0.2) is 9.98 Å². The number of hydrogen-bond acceptors (Lipinski definition) is 4. The molecule has 150 valence electrons.